The van der Waals surface area contributed by atoms with Crippen molar-refractivity contribution in [3.8, 4) is 0 Å². The van der Waals surface area contributed by atoms with E-state index in [9.17, 15) is 27.2 Å². The van der Waals surface area contributed by atoms with Gasteiger partial charge in [-0.05, 0) is 13.3 Å². The molecule has 0 saturated carbocycles. The Balaban J connectivity index is 2.79. The highest BCUT2D eigenvalue weighted by atomic mass is 19.3. The van der Waals surface area contributed by atoms with E-state index in [4.69, 9.17) is 5.73 Å². The highest BCUT2D eigenvalue weighted by molar-refractivity contribution is 5.87. The molecule has 17 heavy (non-hydrogen) atoms. The van der Waals surface area contributed by atoms with E-state index in [1.54, 1.807) is 0 Å². The molecule has 8 heteroatoms. The van der Waals surface area contributed by atoms with Crippen LogP contribution in [-0.2, 0) is 9.59 Å². The highest BCUT2D eigenvalue weighted by Crippen LogP contribution is 2.33. The summed E-state index contributed by atoms with van der Waals surface area (Å²) in [6.45, 7) is 0.868. The van der Waals surface area contributed by atoms with Crippen LogP contribution < -0.4 is 5.73 Å². The second-order valence-electron chi connectivity index (χ2n) is 4.33. The van der Waals surface area contributed by atoms with Crippen LogP contribution in [0.1, 0.15) is 13.3 Å². The summed E-state index contributed by atoms with van der Waals surface area (Å²) in [7, 11) is 0. The van der Waals surface area contributed by atoms with Crippen LogP contribution in [-0.4, -0.2) is 42.2 Å². The van der Waals surface area contributed by atoms with Crippen molar-refractivity contribution in [3.63, 3.8) is 0 Å². The average molecular weight is 256 g/mol. The number of nitrogens with two attached hydrogens (primary N) is 1. The van der Waals surface area contributed by atoms with Crippen molar-refractivity contribution < 1.29 is 27.2 Å². The van der Waals surface area contributed by atoms with Gasteiger partial charge in [0.25, 0.3) is 5.91 Å². The highest BCUT2D eigenvalue weighted by Gasteiger charge is 2.54. The van der Waals surface area contributed by atoms with Gasteiger partial charge >= 0.3 is 12.3 Å². The van der Waals surface area contributed by atoms with Crippen LogP contribution in [0.2, 0.25) is 0 Å². The first-order chi connectivity index (χ1) is 7.61. The third kappa shape index (κ3) is 2.34. The van der Waals surface area contributed by atoms with Gasteiger partial charge in [0.2, 0.25) is 5.91 Å². The summed E-state index contributed by atoms with van der Waals surface area (Å²) in [5, 5.41) is 0. The van der Waals surface area contributed by atoms with Crippen LogP contribution >= 0.6 is 0 Å². The minimum absolute atomic E-state index is 0.0907. The fraction of sp³-hybridized carbons (Fsp3) is 0.778. The van der Waals surface area contributed by atoms with E-state index in [2.05, 4.69) is 0 Å². The Morgan fingerprint density at radius 2 is 1.94 bits per heavy atom. The molecule has 0 aromatic carbocycles. The van der Waals surface area contributed by atoms with E-state index in [-0.39, 0.29) is 19.5 Å². The SMILES string of the molecule is CC1(C(N)=O)CCN(C(=O)C(F)(F)C(F)F)C1. The third-order valence-corrected chi connectivity index (χ3v) is 2.91. The summed E-state index contributed by atoms with van der Waals surface area (Å²) >= 11 is 0. The molecule has 0 spiro atoms. The molecule has 1 fully saturated rings. The van der Waals surface area contributed by atoms with Crippen molar-refractivity contribution in [2.45, 2.75) is 25.7 Å². The van der Waals surface area contributed by atoms with E-state index in [1.165, 1.54) is 6.92 Å². The number of hydrogen-bond donors (Lipinski definition) is 1. The maximum atomic E-state index is 12.8. The van der Waals surface area contributed by atoms with Crippen molar-refractivity contribution in [2.75, 3.05) is 13.1 Å². The fourth-order valence-electron chi connectivity index (χ4n) is 1.64. The van der Waals surface area contributed by atoms with Crippen LogP contribution in [0.5, 0.6) is 0 Å². The van der Waals surface area contributed by atoms with Gasteiger partial charge in [-0.1, -0.05) is 0 Å². The van der Waals surface area contributed by atoms with Gasteiger partial charge < -0.3 is 10.6 Å². The molecular weight excluding hydrogens is 244 g/mol. The van der Waals surface area contributed by atoms with Crippen molar-refractivity contribution in [1.82, 2.24) is 4.90 Å². The second-order valence-corrected chi connectivity index (χ2v) is 4.33. The molecule has 0 aromatic rings. The Hall–Kier alpha value is -1.34. The first-order valence-electron chi connectivity index (χ1n) is 4.86. The monoisotopic (exact) mass is 256 g/mol. The van der Waals surface area contributed by atoms with Crippen LogP contribution in [0, 0.1) is 5.41 Å². The molecule has 0 aromatic heterocycles. The van der Waals surface area contributed by atoms with Crippen LogP contribution in [0.3, 0.4) is 0 Å². The van der Waals surface area contributed by atoms with Gasteiger partial charge in [-0.2, -0.15) is 8.78 Å². The normalized spacial score (nSPS) is 25.4. The van der Waals surface area contributed by atoms with Gasteiger partial charge in [0, 0.05) is 13.1 Å². The lowest BCUT2D eigenvalue weighted by Crippen LogP contribution is -2.48. The molecule has 1 aliphatic heterocycles. The van der Waals surface area contributed by atoms with Gasteiger partial charge in [0.1, 0.15) is 0 Å². The van der Waals surface area contributed by atoms with E-state index in [0.29, 0.717) is 4.90 Å². The number of likely N-dealkylation sites (tertiary alicyclic amines) is 1. The maximum Gasteiger partial charge on any atom is 0.383 e. The molecule has 2 N–H and O–H groups in total. The van der Waals surface area contributed by atoms with Crippen molar-refractivity contribution >= 4 is 11.8 Å². The van der Waals surface area contributed by atoms with E-state index in [1.807, 2.05) is 0 Å². The quantitative estimate of drug-likeness (QED) is 0.752. The largest absolute Gasteiger partial charge is 0.383 e. The zero-order valence-corrected chi connectivity index (χ0v) is 9.05. The topological polar surface area (TPSA) is 63.4 Å². The second kappa shape index (κ2) is 4.15. The third-order valence-electron chi connectivity index (χ3n) is 2.91. The summed E-state index contributed by atoms with van der Waals surface area (Å²) in [5.41, 5.74) is 3.92. The van der Waals surface area contributed by atoms with Crippen molar-refractivity contribution in [3.05, 3.63) is 0 Å². The summed E-state index contributed by atoms with van der Waals surface area (Å²) in [4.78, 5) is 22.7. The molecule has 1 heterocycles. The Kier molecular flexibility index (Phi) is 3.35. The van der Waals surface area contributed by atoms with Gasteiger partial charge in [0.05, 0.1) is 5.41 Å². The summed E-state index contributed by atoms with van der Waals surface area (Å²) in [5.74, 6) is -7.42. The molecule has 1 atom stereocenters. The predicted octanol–water partition coefficient (Wildman–Crippen LogP) is 0.611. The predicted molar refractivity (Wildman–Crippen MR) is 49.4 cm³/mol. The number of halogens is 4. The molecule has 0 bridgehead atoms. The summed E-state index contributed by atoms with van der Waals surface area (Å²) in [6, 6.07) is 0. The van der Waals surface area contributed by atoms with Gasteiger partial charge in [-0.15, -0.1) is 0 Å². The zero-order chi connectivity index (χ0) is 13.4. The minimum Gasteiger partial charge on any atom is -0.369 e. The van der Waals surface area contributed by atoms with E-state index >= 15 is 0 Å². The van der Waals surface area contributed by atoms with Crippen molar-refractivity contribution in [2.24, 2.45) is 11.1 Å². The first-order valence-corrected chi connectivity index (χ1v) is 4.86. The lowest BCUT2D eigenvalue weighted by molar-refractivity contribution is -0.179. The summed E-state index contributed by atoms with van der Waals surface area (Å²) < 4.78 is 49.5. The molecular formula is C9H12F4N2O2. The Labute approximate surface area is 94.7 Å². The number of nitrogens with zero attached hydrogens (tertiary/aromatic N) is 1. The molecule has 1 rings (SSSR count). The Morgan fingerprint density at radius 3 is 2.29 bits per heavy atom. The number of carbonyl (C=O) groups excluding carboxylic acids is 2. The Morgan fingerprint density at radius 1 is 1.41 bits per heavy atom. The van der Waals surface area contributed by atoms with E-state index in [0.717, 1.165) is 0 Å². The number of alkyl halides is 4. The summed E-state index contributed by atoms with van der Waals surface area (Å²) in [6.07, 6.45) is -3.97. The molecule has 98 valence electrons. The molecule has 4 nitrogen and oxygen atoms in total. The van der Waals surface area contributed by atoms with E-state index < -0.39 is 29.6 Å². The Bertz CT molecular complexity index is 348. The van der Waals surface area contributed by atoms with Crippen LogP contribution in [0.4, 0.5) is 17.6 Å². The molecule has 1 aliphatic rings. The first kappa shape index (κ1) is 13.7. The molecule has 1 unspecified atom stereocenters. The molecule has 0 aliphatic carbocycles. The maximum absolute atomic E-state index is 12.8. The van der Waals surface area contributed by atoms with Crippen LogP contribution in [0.15, 0.2) is 0 Å². The number of amides is 2. The smallest absolute Gasteiger partial charge is 0.369 e. The van der Waals surface area contributed by atoms with Crippen molar-refractivity contribution in [1.29, 1.82) is 0 Å². The van der Waals surface area contributed by atoms with Gasteiger partial charge in [-0.25, -0.2) is 8.78 Å². The molecule has 2 amide bonds. The van der Waals surface area contributed by atoms with Gasteiger partial charge in [0.15, 0.2) is 0 Å². The molecule has 0 radical (unpaired) electrons. The van der Waals surface area contributed by atoms with Crippen LogP contribution in [0.25, 0.3) is 0 Å². The zero-order valence-electron chi connectivity index (χ0n) is 9.05. The number of carbonyl (C=O) groups is 2. The number of rotatable bonds is 3. The fourth-order valence-corrected chi connectivity index (χ4v) is 1.64. The standard InChI is InChI=1S/C9H12F4N2O2/c1-8(6(14)16)2-3-15(4-8)7(17)9(12,13)5(10)11/h5H,2-4H2,1H3,(H2,14,16). The lowest BCUT2D eigenvalue weighted by Gasteiger charge is -2.24. The number of hydrogen-bond acceptors (Lipinski definition) is 2. The number of primary amides is 1. The average Bonchev–Trinajstić information content (AvgIpc) is 2.61. The molecule has 1 saturated heterocycles. The van der Waals surface area contributed by atoms with Gasteiger partial charge in [-0.3, -0.25) is 9.59 Å². The minimum atomic E-state index is -4.72. The lowest BCUT2D eigenvalue weighted by atomic mass is 9.89.